The minimum Gasteiger partial charge on any atom is -0.496 e. The third-order valence-electron chi connectivity index (χ3n) is 2.41. The fraction of sp³-hybridized carbons (Fsp3) is 0.538. The number of methoxy groups -OCH3 is 2. The van der Waals surface area contributed by atoms with Gasteiger partial charge in [-0.25, -0.2) is 0 Å². The molecule has 1 unspecified atom stereocenters. The Morgan fingerprint density at radius 2 is 1.56 bits per heavy atom. The molecule has 2 N–H and O–H groups in total. The maximum atomic E-state index is 5.56. The fourth-order valence-electron chi connectivity index (χ4n) is 1.34. The standard InChI is InChI=1S/C13H21NO4/c1-10(9-14)17-4-5-18-13-7-11(15-2)6-12(8-13)16-3/h6-8,10H,4-5,9,14H2,1-3H3. The fourth-order valence-corrected chi connectivity index (χ4v) is 1.34. The Hall–Kier alpha value is -1.46. The van der Waals surface area contributed by atoms with Crippen LogP contribution in [0.4, 0.5) is 0 Å². The molecule has 0 saturated carbocycles. The summed E-state index contributed by atoms with van der Waals surface area (Å²) in [6, 6.07) is 5.39. The van der Waals surface area contributed by atoms with Crippen LogP contribution in [0.5, 0.6) is 17.2 Å². The van der Waals surface area contributed by atoms with Crippen molar-refractivity contribution in [1.29, 1.82) is 0 Å². The van der Waals surface area contributed by atoms with Crippen LogP contribution in [0.2, 0.25) is 0 Å². The Bertz CT molecular complexity index is 335. The molecular formula is C13H21NO4. The van der Waals surface area contributed by atoms with Gasteiger partial charge in [-0.05, 0) is 6.92 Å². The van der Waals surface area contributed by atoms with Crippen molar-refractivity contribution in [2.45, 2.75) is 13.0 Å². The first-order valence-electron chi connectivity index (χ1n) is 5.87. The minimum atomic E-state index is 0.0495. The van der Waals surface area contributed by atoms with Crippen LogP contribution in [0.15, 0.2) is 18.2 Å². The Balaban J connectivity index is 2.46. The number of nitrogens with two attached hydrogens (primary N) is 1. The van der Waals surface area contributed by atoms with Gasteiger partial charge in [0.25, 0.3) is 0 Å². The lowest BCUT2D eigenvalue weighted by Gasteiger charge is -2.12. The monoisotopic (exact) mass is 255 g/mol. The van der Waals surface area contributed by atoms with Crippen LogP contribution >= 0.6 is 0 Å². The Morgan fingerprint density at radius 3 is 2.06 bits per heavy atom. The lowest BCUT2D eigenvalue weighted by atomic mass is 10.3. The van der Waals surface area contributed by atoms with E-state index in [4.69, 9.17) is 24.7 Å². The summed E-state index contributed by atoms with van der Waals surface area (Å²) < 4.78 is 21.3. The van der Waals surface area contributed by atoms with E-state index in [9.17, 15) is 0 Å². The van der Waals surface area contributed by atoms with Gasteiger partial charge in [-0.15, -0.1) is 0 Å². The van der Waals surface area contributed by atoms with E-state index in [0.717, 1.165) is 0 Å². The van der Waals surface area contributed by atoms with Crippen molar-refractivity contribution in [3.8, 4) is 17.2 Å². The molecule has 0 saturated heterocycles. The minimum absolute atomic E-state index is 0.0495. The van der Waals surface area contributed by atoms with Gasteiger partial charge in [0.15, 0.2) is 0 Å². The van der Waals surface area contributed by atoms with Gasteiger partial charge in [0.1, 0.15) is 23.9 Å². The van der Waals surface area contributed by atoms with Crippen LogP contribution < -0.4 is 19.9 Å². The van der Waals surface area contributed by atoms with E-state index in [1.54, 1.807) is 32.4 Å². The molecule has 0 aliphatic rings. The Kier molecular flexibility index (Phi) is 6.32. The summed E-state index contributed by atoms with van der Waals surface area (Å²) in [6.45, 7) is 3.39. The molecule has 0 aliphatic carbocycles. The van der Waals surface area contributed by atoms with Crippen molar-refractivity contribution in [2.75, 3.05) is 34.0 Å². The molecule has 0 spiro atoms. The lowest BCUT2D eigenvalue weighted by Crippen LogP contribution is -2.22. The van der Waals surface area contributed by atoms with Gasteiger partial charge in [0, 0.05) is 24.7 Å². The van der Waals surface area contributed by atoms with Gasteiger partial charge in [-0.2, -0.15) is 0 Å². The Morgan fingerprint density at radius 1 is 1.00 bits per heavy atom. The van der Waals surface area contributed by atoms with Gasteiger partial charge >= 0.3 is 0 Å². The first-order valence-corrected chi connectivity index (χ1v) is 5.87. The first kappa shape index (κ1) is 14.6. The SMILES string of the molecule is COc1cc(OC)cc(OCCOC(C)CN)c1. The first-order chi connectivity index (χ1) is 8.69. The second-order valence-corrected chi connectivity index (χ2v) is 3.81. The summed E-state index contributed by atoms with van der Waals surface area (Å²) >= 11 is 0. The molecule has 0 amide bonds. The molecule has 5 heteroatoms. The number of hydrogen-bond donors (Lipinski definition) is 1. The maximum Gasteiger partial charge on any atom is 0.126 e. The van der Waals surface area contributed by atoms with E-state index in [0.29, 0.717) is 37.0 Å². The van der Waals surface area contributed by atoms with Crippen molar-refractivity contribution >= 4 is 0 Å². The van der Waals surface area contributed by atoms with E-state index < -0.39 is 0 Å². The molecule has 1 rings (SSSR count). The van der Waals surface area contributed by atoms with E-state index in [1.165, 1.54) is 0 Å². The molecule has 1 aromatic rings. The molecular weight excluding hydrogens is 234 g/mol. The van der Waals surface area contributed by atoms with Crippen LogP contribution in [0.25, 0.3) is 0 Å². The maximum absolute atomic E-state index is 5.56. The molecule has 18 heavy (non-hydrogen) atoms. The molecule has 0 aromatic heterocycles. The van der Waals surface area contributed by atoms with Crippen LogP contribution in [0, 0.1) is 0 Å². The topological polar surface area (TPSA) is 62.9 Å². The molecule has 0 bridgehead atoms. The van der Waals surface area contributed by atoms with Crippen LogP contribution in [0.1, 0.15) is 6.92 Å². The quantitative estimate of drug-likeness (QED) is 0.712. The average Bonchev–Trinajstić information content (AvgIpc) is 2.42. The molecule has 1 atom stereocenters. The van der Waals surface area contributed by atoms with Crippen LogP contribution in [-0.2, 0) is 4.74 Å². The second-order valence-electron chi connectivity index (χ2n) is 3.81. The second kappa shape index (κ2) is 7.79. The summed E-state index contributed by atoms with van der Waals surface area (Å²) in [6.07, 6.45) is 0.0495. The number of rotatable bonds is 8. The van der Waals surface area contributed by atoms with Crippen LogP contribution in [-0.4, -0.2) is 40.1 Å². The van der Waals surface area contributed by atoms with Crippen LogP contribution in [0.3, 0.4) is 0 Å². The number of benzene rings is 1. The van der Waals surface area contributed by atoms with Gasteiger partial charge in [0.05, 0.1) is 26.9 Å². The molecule has 0 heterocycles. The molecule has 102 valence electrons. The van der Waals surface area contributed by atoms with Crippen molar-refractivity contribution in [3.05, 3.63) is 18.2 Å². The predicted octanol–water partition coefficient (Wildman–Crippen LogP) is 1.45. The van der Waals surface area contributed by atoms with E-state index >= 15 is 0 Å². The highest BCUT2D eigenvalue weighted by Crippen LogP contribution is 2.27. The van der Waals surface area contributed by atoms with Crippen molar-refractivity contribution in [3.63, 3.8) is 0 Å². The van der Waals surface area contributed by atoms with E-state index in [-0.39, 0.29) is 6.10 Å². The zero-order valence-electron chi connectivity index (χ0n) is 11.1. The highest BCUT2D eigenvalue weighted by molar-refractivity contribution is 5.41. The van der Waals surface area contributed by atoms with Crippen molar-refractivity contribution in [1.82, 2.24) is 0 Å². The summed E-state index contributed by atoms with van der Waals surface area (Å²) in [5.74, 6) is 2.08. The largest absolute Gasteiger partial charge is 0.496 e. The summed E-state index contributed by atoms with van der Waals surface area (Å²) in [5.41, 5.74) is 5.44. The number of hydrogen-bond acceptors (Lipinski definition) is 5. The van der Waals surface area contributed by atoms with Gasteiger partial charge in [-0.1, -0.05) is 0 Å². The summed E-state index contributed by atoms with van der Waals surface area (Å²) in [7, 11) is 3.20. The molecule has 0 aliphatic heterocycles. The zero-order valence-corrected chi connectivity index (χ0v) is 11.1. The predicted molar refractivity (Wildman–Crippen MR) is 69.5 cm³/mol. The Labute approximate surface area is 108 Å². The average molecular weight is 255 g/mol. The lowest BCUT2D eigenvalue weighted by molar-refractivity contribution is 0.0495. The molecule has 0 radical (unpaired) electrons. The van der Waals surface area contributed by atoms with Crippen molar-refractivity contribution < 1.29 is 18.9 Å². The smallest absolute Gasteiger partial charge is 0.126 e. The number of ether oxygens (including phenoxy) is 4. The zero-order chi connectivity index (χ0) is 13.4. The normalized spacial score (nSPS) is 12.0. The third-order valence-corrected chi connectivity index (χ3v) is 2.41. The van der Waals surface area contributed by atoms with E-state index in [2.05, 4.69) is 0 Å². The molecule has 1 aromatic carbocycles. The van der Waals surface area contributed by atoms with E-state index in [1.807, 2.05) is 6.92 Å². The molecule has 0 fully saturated rings. The highest BCUT2D eigenvalue weighted by atomic mass is 16.5. The van der Waals surface area contributed by atoms with Gasteiger partial charge in [-0.3, -0.25) is 0 Å². The van der Waals surface area contributed by atoms with Gasteiger partial charge < -0.3 is 24.7 Å². The summed E-state index contributed by atoms with van der Waals surface area (Å²) in [4.78, 5) is 0. The third kappa shape index (κ3) is 4.81. The van der Waals surface area contributed by atoms with Gasteiger partial charge in [0.2, 0.25) is 0 Å². The summed E-state index contributed by atoms with van der Waals surface area (Å²) in [5, 5.41) is 0. The molecule has 5 nitrogen and oxygen atoms in total. The highest BCUT2D eigenvalue weighted by Gasteiger charge is 2.03. The van der Waals surface area contributed by atoms with Crippen molar-refractivity contribution in [2.24, 2.45) is 5.73 Å².